The summed E-state index contributed by atoms with van der Waals surface area (Å²) in [4.78, 5) is 0. The lowest BCUT2D eigenvalue weighted by atomic mass is 10.2. The summed E-state index contributed by atoms with van der Waals surface area (Å²) in [5.41, 5.74) is 1.02. The lowest BCUT2D eigenvalue weighted by Crippen LogP contribution is -2.30. The minimum Gasteiger partial charge on any atom is -0.506 e. The van der Waals surface area contributed by atoms with E-state index in [9.17, 15) is 5.11 Å². The van der Waals surface area contributed by atoms with Gasteiger partial charge in [0.1, 0.15) is 5.75 Å². The van der Waals surface area contributed by atoms with E-state index in [4.69, 9.17) is 21.1 Å². The standard InChI is InChI=1S/C13H18ClNO3/c1-13(2)17-8-10(18-13)7-15-6-9-3-4-12(16)11(14)5-9/h3-5,10,15-16H,6-8H2,1-2H3. The lowest BCUT2D eigenvalue weighted by Gasteiger charge is -2.17. The summed E-state index contributed by atoms with van der Waals surface area (Å²) >= 11 is 5.83. The van der Waals surface area contributed by atoms with Crippen molar-refractivity contribution in [3.63, 3.8) is 0 Å². The summed E-state index contributed by atoms with van der Waals surface area (Å²) in [5.74, 6) is -0.372. The third-order valence-corrected chi connectivity index (χ3v) is 3.08. The van der Waals surface area contributed by atoms with Crippen LogP contribution in [-0.2, 0) is 16.0 Å². The van der Waals surface area contributed by atoms with Crippen molar-refractivity contribution in [3.05, 3.63) is 28.8 Å². The summed E-state index contributed by atoms with van der Waals surface area (Å²) in [7, 11) is 0. The first-order chi connectivity index (χ1) is 8.46. The van der Waals surface area contributed by atoms with E-state index in [1.807, 2.05) is 19.9 Å². The lowest BCUT2D eigenvalue weighted by molar-refractivity contribution is -0.137. The van der Waals surface area contributed by atoms with E-state index in [2.05, 4.69) is 5.32 Å². The normalized spacial score (nSPS) is 22.3. The van der Waals surface area contributed by atoms with Crippen LogP contribution in [0.4, 0.5) is 0 Å². The number of nitrogens with one attached hydrogen (secondary N) is 1. The molecule has 1 aliphatic rings. The molecule has 1 aromatic rings. The van der Waals surface area contributed by atoms with Crippen LogP contribution in [0.25, 0.3) is 0 Å². The van der Waals surface area contributed by atoms with E-state index in [-0.39, 0.29) is 11.9 Å². The number of hydrogen-bond donors (Lipinski definition) is 2. The number of benzene rings is 1. The molecular weight excluding hydrogens is 254 g/mol. The van der Waals surface area contributed by atoms with Gasteiger partial charge < -0.3 is 19.9 Å². The maximum atomic E-state index is 9.31. The van der Waals surface area contributed by atoms with Gasteiger partial charge in [-0.1, -0.05) is 17.7 Å². The molecular formula is C13H18ClNO3. The molecule has 2 rings (SSSR count). The van der Waals surface area contributed by atoms with Gasteiger partial charge in [0.15, 0.2) is 5.79 Å². The van der Waals surface area contributed by atoms with Gasteiger partial charge in [0.25, 0.3) is 0 Å². The molecule has 0 bridgehead atoms. The van der Waals surface area contributed by atoms with Crippen LogP contribution in [-0.4, -0.2) is 30.1 Å². The number of rotatable bonds is 4. The van der Waals surface area contributed by atoms with Crippen molar-refractivity contribution in [2.45, 2.75) is 32.3 Å². The number of halogens is 1. The van der Waals surface area contributed by atoms with Gasteiger partial charge in [-0.15, -0.1) is 0 Å². The summed E-state index contributed by atoms with van der Waals surface area (Å²) < 4.78 is 11.2. The van der Waals surface area contributed by atoms with Crippen molar-refractivity contribution < 1.29 is 14.6 Å². The van der Waals surface area contributed by atoms with Crippen molar-refractivity contribution in [1.29, 1.82) is 0 Å². The maximum Gasteiger partial charge on any atom is 0.163 e. The van der Waals surface area contributed by atoms with Crippen molar-refractivity contribution in [2.24, 2.45) is 0 Å². The fraction of sp³-hybridized carbons (Fsp3) is 0.538. The van der Waals surface area contributed by atoms with E-state index in [1.54, 1.807) is 12.1 Å². The highest BCUT2D eigenvalue weighted by molar-refractivity contribution is 6.32. The quantitative estimate of drug-likeness (QED) is 0.882. The molecule has 5 heteroatoms. The Hall–Kier alpha value is -0.810. The molecule has 0 aromatic heterocycles. The van der Waals surface area contributed by atoms with Crippen LogP contribution in [0.3, 0.4) is 0 Å². The minimum absolute atomic E-state index is 0.0765. The Morgan fingerprint density at radius 1 is 1.50 bits per heavy atom. The van der Waals surface area contributed by atoms with Gasteiger partial charge in [0.2, 0.25) is 0 Å². The number of phenolic OH excluding ortho intramolecular Hbond substituents is 1. The van der Waals surface area contributed by atoms with Gasteiger partial charge in [-0.2, -0.15) is 0 Å². The molecule has 1 atom stereocenters. The van der Waals surface area contributed by atoms with E-state index >= 15 is 0 Å². The number of phenols is 1. The van der Waals surface area contributed by atoms with Crippen LogP contribution in [0.1, 0.15) is 19.4 Å². The number of ether oxygens (including phenoxy) is 2. The fourth-order valence-corrected chi connectivity index (χ4v) is 2.10. The second-order valence-corrected chi connectivity index (χ2v) is 5.27. The van der Waals surface area contributed by atoms with Crippen molar-refractivity contribution in [3.8, 4) is 5.75 Å². The molecule has 0 saturated carbocycles. The zero-order chi connectivity index (χ0) is 13.2. The van der Waals surface area contributed by atoms with E-state index < -0.39 is 5.79 Å². The van der Waals surface area contributed by atoms with E-state index in [1.165, 1.54) is 0 Å². The molecule has 0 spiro atoms. The Kier molecular flexibility index (Phi) is 4.12. The molecule has 1 fully saturated rings. The molecule has 0 radical (unpaired) electrons. The number of aromatic hydroxyl groups is 1. The van der Waals surface area contributed by atoms with Gasteiger partial charge in [0, 0.05) is 13.1 Å². The molecule has 100 valence electrons. The van der Waals surface area contributed by atoms with Crippen molar-refractivity contribution in [2.75, 3.05) is 13.2 Å². The summed E-state index contributed by atoms with van der Waals surface area (Å²) in [6.45, 7) is 5.83. The van der Waals surface area contributed by atoms with Crippen LogP contribution >= 0.6 is 11.6 Å². The summed E-state index contributed by atoms with van der Waals surface area (Å²) in [6, 6.07) is 5.18. The molecule has 1 aliphatic heterocycles. The SMILES string of the molecule is CC1(C)OCC(CNCc2ccc(O)c(Cl)c2)O1. The van der Waals surface area contributed by atoms with Gasteiger partial charge in [-0.05, 0) is 31.5 Å². The molecule has 2 N–H and O–H groups in total. The van der Waals surface area contributed by atoms with Crippen LogP contribution in [0.2, 0.25) is 5.02 Å². The highest BCUT2D eigenvalue weighted by Crippen LogP contribution is 2.24. The molecule has 18 heavy (non-hydrogen) atoms. The van der Waals surface area contributed by atoms with Crippen molar-refractivity contribution in [1.82, 2.24) is 5.32 Å². The first kappa shape index (κ1) is 13.6. The average molecular weight is 272 g/mol. The Bertz CT molecular complexity index is 423. The number of hydrogen-bond acceptors (Lipinski definition) is 4. The van der Waals surface area contributed by atoms with Gasteiger partial charge in [-0.25, -0.2) is 0 Å². The third kappa shape index (κ3) is 3.59. The molecule has 1 saturated heterocycles. The maximum absolute atomic E-state index is 9.31. The van der Waals surface area contributed by atoms with Crippen LogP contribution in [0.5, 0.6) is 5.75 Å². The van der Waals surface area contributed by atoms with Crippen LogP contribution in [0.15, 0.2) is 18.2 Å². The minimum atomic E-state index is -0.478. The molecule has 1 unspecified atom stereocenters. The second kappa shape index (κ2) is 5.45. The zero-order valence-corrected chi connectivity index (χ0v) is 11.3. The second-order valence-electron chi connectivity index (χ2n) is 4.87. The highest BCUT2D eigenvalue weighted by Gasteiger charge is 2.32. The highest BCUT2D eigenvalue weighted by atomic mass is 35.5. The Balaban J connectivity index is 1.77. The third-order valence-electron chi connectivity index (χ3n) is 2.78. The first-order valence-corrected chi connectivity index (χ1v) is 6.34. The predicted molar refractivity (Wildman–Crippen MR) is 69.7 cm³/mol. The predicted octanol–water partition coefficient (Wildman–Crippen LogP) is 2.29. The van der Waals surface area contributed by atoms with Crippen LogP contribution < -0.4 is 5.32 Å². The van der Waals surface area contributed by atoms with Gasteiger partial charge in [0.05, 0.1) is 17.7 Å². The molecule has 1 aromatic carbocycles. The topological polar surface area (TPSA) is 50.7 Å². The zero-order valence-electron chi connectivity index (χ0n) is 10.6. The van der Waals surface area contributed by atoms with Gasteiger partial charge in [-0.3, -0.25) is 0 Å². The Labute approximate surface area is 112 Å². The average Bonchev–Trinajstić information content (AvgIpc) is 2.63. The largest absolute Gasteiger partial charge is 0.506 e. The van der Waals surface area contributed by atoms with Crippen LogP contribution in [0, 0.1) is 0 Å². The molecule has 1 heterocycles. The summed E-state index contributed by atoms with van der Waals surface area (Å²) in [5, 5.41) is 13.0. The first-order valence-electron chi connectivity index (χ1n) is 5.96. The molecule has 0 amide bonds. The molecule has 0 aliphatic carbocycles. The molecule has 4 nitrogen and oxygen atoms in total. The fourth-order valence-electron chi connectivity index (χ4n) is 1.90. The Morgan fingerprint density at radius 2 is 2.28 bits per heavy atom. The van der Waals surface area contributed by atoms with E-state index in [0.29, 0.717) is 18.2 Å². The monoisotopic (exact) mass is 271 g/mol. The van der Waals surface area contributed by atoms with E-state index in [0.717, 1.165) is 12.1 Å². The smallest absolute Gasteiger partial charge is 0.163 e. The summed E-state index contributed by atoms with van der Waals surface area (Å²) in [6.07, 6.45) is 0.0765. The van der Waals surface area contributed by atoms with Crippen molar-refractivity contribution >= 4 is 11.6 Å². The van der Waals surface area contributed by atoms with Gasteiger partial charge >= 0.3 is 0 Å². The Morgan fingerprint density at radius 3 is 2.89 bits per heavy atom.